The number of nitrogens with zero attached hydrogens (tertiary/aromatic N) is 1. The molecule has 2 rings (SSSR count). The molecule has 86 valence electrons. The van der Waals surface area contributed by atoms with Crippen molar-refractivity contribution in [2.45, 2.75) is 49.9 Å². The van der Waals surface area contributed by atoms with Crippen LogP contribution in [0.5, 0.6) is 0 Å². The van der Waals surface area contributed by atoms with Gasteiger partial charge in [0.05, 0.1) is 12.7 Å². The minimum Gasteiger partial charge on any atom is -0.326 e. The summed E-state index contributed by atoms with van der Waals surface area (Å²) in [5, 5.41) is 3.98. The van der Waals surface area contributed by atoms with Crippen LogP contribution in [0, 0.1) is 0 Å². The van der Waals surface area contributed by atoms with E-state index < -0.39 is 0 Å². The van der Waals surface area contributed by atoms with Crippen LogP contribution in [0.15, 0.2) is 0 Å². The summed E-state index contributed by atoms with van der Waals surface area (Å²) in [5.74, 6) is 0.293. The van der Waals surface area contributed by atoms with E-state index in [9.17, 15) is 4.79 Å². The van der Waals surface area contributed by atoms with Crippen LogP contribution in [0.4, 0.5) is 0 Å². The molecule has 1 aliphatic heterocycles. The second-order valence-corrected chi connectivity index (χ2v) is 5.71. The number of rotatable bonds is 2. The van der Waals surface area contributed by atoms with E-state index in [0.717, 1.165) is 11.9 Å². The Balaban J connectivity index is 1.95. The maximum absolute atomic E-state index is 11.9. The van der Waals surface area contributed by atoms with Gasteiger partial charge in [0, 0.05) is 11.3 Å². The molecule has 3 nitrogen and oxygen atoms in total. The van der Waals surface area contributed by atoms with E-state index in [0.29, 0.717) is 11.9 Å². The molecular weight excluding hydrogens is 208 g/mol. The number of thioether (sulfide) groups is 1. The average Bonchev–Trinajstić information content (AvgIpc) is 2.60. The molecule has 0 aromatic carbocycles. The van der Waals surface area contributed by atoms with E-state index in [1.54, 1.807) is 0 Å². The molecule has 1 N–H and O–H groups in total. The Bertz CT molecular complexity index is 247. The Kier molecular flexibility index (Phi) is 3.57. The second kappa shape index (κ2) is 4.74. The van der Waals surface area contributed by atoms with Crippen LogP contribution >= 0.6 is 11.8 Å². The maximum atomic E-state index is 11.9. The summed E-state index contributed by atoms with van der Waals surface area (Å²) >= 11 is 1.95. The van der Waals surface area contributed by atoms with Crippen molar-refractivity contribution in [1.29, 1.82) is 0 Å². The first-order valence-electron chi connectivity index (χ1n) is 5.79. The predicted molar refractivity (Wildman–Crippen MR) is 63.9 cm³/mol. The van der Waals surface area contributed by atoms with Crippen LogP contribution in [0.2, 0.25) is 0 Å². The first-order chi connectivity index (χ1) is 7.22. The normalized spacial score (nSPS) is 37.3. The number of carbonyl (C=O) groups excluding carboxylic acids is 1. The number of amides is 1. The molecule has 0 bridgehead atoms. The Morgan fingerprint density at radius 1 is 1.47 bits per heavy atom. The van der Waals surface area contributed by atoms with Gasteiger partial charge in [0.1, 0.15) is 0 Å². The molecule has 15 heavy (non-hydrogen) atoms. The summed E-state index contributed by atoms with van der Waals surface area (Å²) in [5.41, 5.74) is 0. The third-order valence-electron chi connectivity index (χ3n) is 3.59. The number of nitrogens with one attached hydrogen (secondary N) is 1. The third kappa shape index (κ3) is 2.31. The van der Waals surface area contributed by atoms with Crippen molar-refractivity contribution in [3.8, 4) is 0 Å². The summed E-state index contributed by atoms with van der Waals surface area (Å²) in [6.45, 7) is 2.71. The Morgan fingerprint density at radius 2 is 2.27 bits per heavy atom. The molecule has 4 heteroatoms. The standard InChI is InChI=1S/C11H20N2OS/c1-8-11(14)13(7-12-8)9-4-3-5-10(6-9)15-2/h8-10,12H,3-7H2,1-2H3. The lowest BCUT2D eigenvalue weighted by Gasteiger charge is -2.34. The third-order valence-corrected chi connectivity index (χ3v) is 4.69. The zero-order valence-electron chi connectivity index (χ0n) is 9.53. The van der Waals surface area contributed by atoms with E-state index in [1.165, 1.54) is 25.7 Å². The molecule has 1 heterocycles. The van der Waals surface area contributed by atoms with Crippen LogP contribution in [-0.4, -0.2) is 41.1 Å². The van der Waals surface area contributed by atoms with Crippen molar-refractivity contribution in [1.82, 2.24) is 10.2 Å². The van der Waals surface area contributed by atoms with Gasteiger partial charge in [-0.2, -0.15) is 11.8 Å². The summed E-state index contributed by atoms with van der Waals surface area (Å²) in [4.78, 5) is 13.9. The molecule has 0 radical (unpaired) electrons. The molecule has 2 aliphatic rings. The van der Waals surface area contributed by atoms with E-state index >= 15 is 0 Å². The van der Waals surface area contributed by atoms with Crippen LogP contribution in [0.25, 0.3) is 0 Å². The fourth-order valence-corrected chi connectivity index (χ4v) is 3.39. The zero-order chi connectivity index (χ0) is 10.8. The highest BCUT2D eigenvalue weighted by Gasteiger charge is 2.35. The minimum atomic E-state index is 0.0275. The van der Waals surface area contributed by atoms with Gasteiger partial charge in [-0.25, -0.2) is 0 Å². The van der Waals surface area contributed by atoms with Crippen molar-refractivity contribution in [3.05, 3.63) is 0 Å². The first-order valence-corrected chi connectivity index (χ1v) is 7.08. The summed E-state index contributed by atoms with van der Waals surface area (Å²) in [7, 11) is 0. The van der Waals surface area contributed by atoms with Gasteiger partial charge in [-0.05, 0) is 32.4 Å². The smallest absolute Gasteiger partial charge is 0.240 e. The first kappa shape index (κ1) is 11.3. The van der Waals surface area contributed by atoms with E-state index in [4.69, 9.17) is 0 Å². The van der Waals surface area contributed by atoms with Crippen molar-refractivity contribution < 1.29 is 4.79 Å². The van der Waals surface area contributed by atoms with Crippen LogP contribution < -0.4 is 5.32 Å². The van der Waals surface area contributed by atoms with Crippen molar-refractivity contribution >= 4 is 17.7 Å². The highest BCUT2D eigenvalue weighted by atomic mass is 32.2. The van der Waals surface area contributed by atoms with Gasteiger partial charge in [-0.1, -0.05) is 6.42 Å². The van der Waals surface area contributed by atoms with E-state index in [-0.39, 0.29) is 6.04 Å². The lowest BCUT2D eigenvalue weighted by Crippen LogP contribution is -2.41. The van der Waals surface area contributed by atoms with Crippen LogP contribution in [0.1, 0.15) is 32.6 Å². The van der Waals surface area contributed by atoms with Crippen LogP contribution in [0.3, 0.4) is 0 Å². The molecule has 0 aromatic rings. The minimum absolute atomic E-state index is 0.0275. The van der Waals surface area contributed by atoms with Gasteiger partial charge in [0.15, 0.2) is 0 Å². The molecule has 0 aromatic heterocycles. The molecule has 1 aliphatic carbocycles. The highest BCUT2D eigenvalue weighted by Crippen LogP contribution is 2.30. The van der Waals surface area contributed by atoms with Gasteiger partial charge in [0.25, 0.3) is 0 Å². The number of hydrogen-bond donors (Lipinski definition) is 1. The molecule has 1 amide bonds. The lowest BCUT2D eigenvalue weighted by molar-refractivity contribution is -0.131. The fourth-order valence-electron chi connectivity index (χ4n) is 2.58. The summed E-state index contributed by atoms with van der Waals surface area (Å²) in [6, 6.07) is 0.515. The maximum Gasteiger partial charge on any atom is 0.240 e. The van der Waals surface area contributed by atoms with Crippen LogP contribution in [-0.2, 0) is 4.79 Å². The SMILES string of the molecule is CSC1CCCC(N2CNC(C)C2=O)C1. The quantitative estimate of drug-likeness (QED) is 0.776. The highest BCUT2D eigenvalue weighted by molar-refractivity contribution is 7.99. The van der Waals surface area contributed by atoms with E-state index in [1.807, 2.05) is 23.6 Å². The number of hydrogen-bond acceptors (Lipinski definition) is 3. The Hall–Kier alpha value is -0.220. The van der Waals surface area contributed by atoms with Gasteiger partial charge < -0.3 is 4.90 Å². The lowest BCUT2D eigenvalue weighted by atomic mass is 9.94. The van der Waals surface area contributed by atoms with Crippen molar-refractivity contribution in [3.63, 3.8) is 0 Å². The van der Waals surface area contributed by atoms with Crippen molar-refractivity contribution in [2.75, 3.05) is 12.9 Å². The van der Waals surface area contributed by atoms with Gasteiger partial charge >= 0.3 is 0 Å². The molecular formula is C11H20N2OS. The average molecular weight is 228 g/mol. The largest absolute Gasteiger partial charge is 0.326 e. The predicted octanol–water partition coefficient (Wildman–Crippen LogP) is 1.44. The molecule has 1 saturated carbocycles. The topological polar surface area (TPSA) is 32.3 Å². The molecule has 2 fully saturated rings. The molecule has 1 saturated heterocycles. The van der Waals surface area contributed by atoms with E-state index in [2.05, 4.69) is 11.6 Å². The monoisotopic (exact) mass is 228 g/mol. The Morgan fingerprint density at radius 3 is 2.87 bits per heavy atom. The fraction of sp³-hybridized carbons (Fsp3) is 0.909. The van der Waals surface area contributed by atoms with Gasteiger partial charge in [-0.3, -0.25) is 10.1 Å². The van der Waals surface area contributed by atoms with Gasteiger partial charge in [0.2, 0.25) is 5.91 Å². The molecule has 3 unspecified atom stereocenters. The zero-order valence-corrected chi connectivity index (χ0v) is 10.3. The summed E-state index contributed by atoms with van der Waals surface area (Å²) in [6.07, 6.45) is 7.15. The van der Waals surface area contributed by atoms with Gasteiger partial charge in [-0.15, -0.1) is 0 Å². The Labute approximate surface area is 96.0 Å². The van der Waals surface area contributed by atoms with Crippen molar-refractivity contribution in [2.24, 2.45) is 0 Å². The molecule has 0 spiro atoms. The summed E-state index contributed by atoms with van der Waals surface area (Å²) < 4.78 is 0. The second-order valence-electron chi connectivity index (χ2n) is 4.57. The molecule has 3 atom stereocenters. The number of carbonyl (C=O) groups is 1.